The smallest absolute Gasteiger partial charge is 0.662 e. The summed E-state index contributed by atoms with van der Waals surface area (Å²) in [5.41, 5.74) is 0. The summed E-state index contributed by atoms with van der Waals surface area (Å²) in [6.45, 7) is 1.56. The molecule has 0 bridgehead atoms. The van der Waals surface area contributed by atoms with E-state index in [0.29, 0.717) is 0 Å². The fourth-order valence-corrected chi connectivity index (χ4v) is 0.0589. The molecule has 4 heteroatoms. The van der Waals surface area contributed by atoms with Gasteiger partial charge in [-0.3, -0.25) is 4.79 Å². The van der Waals surface area contributed by atoms with Crippen LogP contribution in [0, 0.1) is 0 Å². The van der Waals surface area contributed by atoms with Crippen LogP contribution in [-0.4, -0.2) is 5.97 Å². The van der Waals surface area contributed by atoms with Gasteiger partial charge < -0.3 is 10.1 Å². The van der Waals surface area contributed by atoms with Crippen molar-refractivity contribution in [3.8, 4) is 0 Å². The Bertz CT molecular complexity index is 48.1. The van der Waals surface area contributed by atoms with Crippen molar-refractivity contribution in [2.45, 2.75) is 13.3 Å². The van der Waals surface area contributed by atoms with Crippen LogP contribution < -0.4 is 34.8 Å². The first kappa shape index (κ1) is 10.4. The Morgan fingerprint density at radius 1 is 1.86 bits per heavy atom. The van der Waals surface area contributed by atoms with Crippen molar-refractivity contribution < 1.29 is 44.5 Å². The molecule has 0 spiro atoms. The standard InChI is InChI=1S/C3H6O3.Na/c1-2-3(4)6-5;/h5H,2H2,1H3;/q;+1/p-1. The first-order chi connectivity index (χ1) is 2.81. The van der Waals surface area contributed by atoms with Crippen LogP contribution in [0.25, 0.3) is 0 Å². The Hall–Kier alpha value is 0.430. The van der Waals surface area contributed by atoms with Crippen LogP contribution >= 0.6 is 0 Å². The minimum Gasteiger partial charge on any atom is -0.662 e. The summed E-state index contributed by atoms with van der Waals surface area (Å²) in [5, 5.41) is 9.01. The van der Waals surface area contributed by atoms with Crippen molar-refractivity contribution in [2.75, 3.05) is 0 Å². The monoisotopic (exact) mass is 112 g/mol. The molecule has 0 aliphatic carbocycles. The van der Waals surface area contributed by atoms with Crippen molar-refractivity contribution in [1.82, 2.24) is 0 Å². The van der Waals surface area contributed by atoms with Gasteiger partial charge in [-0.05, 0) is 0 Å². The van der Waals surface area contributed by atoms with Gasteiger partial charge in [-0.15, -0.1) is 0 Å². The predicted octanol–water partition coefficient (Wildman–Crippen LogP) is -3.78. The van der Waals surface area contributed by atoms with Gasteiger partial charge >= 0.3 is 29.6 Å². The minimum absolute atomic E-state index is 0. The van der Waals surface area contributed by atoms with Gasteiger partial charge in [0, 0.05) is 6.42 Å². The molecular formula is C3H5NaO3. The van der Waals surface area contributed by atoms with Crippen LogP contribution in [0.15, 0.2) is 0 Å². The summed E-state index contributed by atoms with van der Waals surface area (Å²) >= 11 is 0. The van der Waals surface area contributed by atoms with E-state index >= 15 is 0 Å². The molecule has 36 valence electrons. The van der Waals surface area contributed by atoms with E-state index in [0.717, 1.165) is 0 Å². The van der Waals surface area contributed by atoms with Crippen molar-refractivity contribution in [1.29, 1.82) is 0 Å². The zero-order valence-corrected chi connectivity index (χ0v) is 6.43. The summed E-state index contributed by atoms with van der Waals surface area (Å²) < 4.78 is 0. The number of carbonyl (C=O) groups is 1. The van der Waals surface area contributed by atoms with E-state index in [1.54, 1.807) is 6.92 Å². The Kier molecular flexibility index (Phi) is 9.57. The van der Waals surface area contributed by atoms with Gasteiger partial charge in [-0.2, -0.15) is 0 Å². The van der Waals surface area contributed by atoms with Gasteiger partial charge in [0.05, 0.1) is 0 Å². The molecule has 0 atom stereocenters. The number of hydrogen-bond donors (Lipinski definition) is 0. The maximum atomic E-state index is 9.65. The summed E-state index contributed by atoms with van der Waals surface area (Å²) in [7, 11) is 0. The third-order valence-electron chi connectivity index (χ3n) is 0.382. The molecule has 0 N–H and O–H groups in total. The quantitative estimate of drug-likeness (QED) is 0.199. The normalized spacial score (nSPS) is 6.57. The molecule has 0 saturated carbocycles. The van der Waals surface area contributed by atoms with E-state index in [4.69, 9.17) is 5.26 Å². The predicted molar refractivity (Wildman–Crippen MR) is 16.4 cm³/mol. The minimum atomic E-state index is -0.713. The second-order valence-electron chi connectivity index (χ2n) is 0.809. The zero-order valence-electron chi connectivity index (χ0n) is 4.43. The SMILES string of the molecule is CCC(=O)O[O-].[Na+]. The Morgan fingerprint density at radius 2 is 2.29 bits per heavy atom. The van der Waals surface area contributed by atoms with Crippen LogP contribution in [0.5, 0.6) is 0 Å². The third kappa shape index (κ3) is 6.43. The van der Waals surface area contributed by atoms with E-state index in [9.17, 15) is 4.79 Å². The van der Waals surface area contributed by atoms with Crippen molar-refractivity contribution in [3.63, 3.8) is 0 Å². The van der Waals surface area contributed by atoms with Gasteiger partial charge in [-0.25, -0.2) is 0 Å². The van der Waals surface area contributed by atoms with Crippen LogP contribution in [0.2, 0.25) is 0 Å². The molecule has 7 heavy (non-hydrogen) atoms. The molecule has 0 amide bonds. The maximum absolute atomic E-state index is 9.65. The molecule has 0 unspecified atom stereocenters. The van der Waals surface area contributed by atoms with Crippen LogP contribution in [0.3, 0.4) is 0 Å². The van der Waals surface area contributed by atoms with Gasteiger partial charge in [0.15, 0.2) is 0 Å². The van der Waals surface area contributed by atoms with Gasteiger partial charge in [-0.1, -0.05) is 6.92 Å². The molecule has 0 saturated heterocycles. The summed E-state index contributed by atoms with van der Waals surface area (Å²) in [4.78, 5) is 12.7. The molecule has 0 aromatic carbocycles. The largest absolute Gasteiger partial charge is 1.00 e. The fraction of sp³-hybridized carbons (Fsp3) is 0.667. The van der Waals surface area contributed by atoms with Crippen molar-refractivity contribution in [2.24, 2.45) is 0 Å². The third-order valence-corrected chi connectivity index (χ3v) is 0.382. The van der Waals surface area contributed by atoms with E-state index in [2.05, 4.69) is 4.89 Å². The van der Waals surface area contributed by atoms with Crippen molar-refractivity contribution >= 4 is 5.97 Å². The van der Waals surface area contributed by atoms with Gasteiger partial charge in [0.1, 0.15) is 0 Å². The maximum Gasteiger partial charge on any atom is 1.00 e. The second-order valence-corrected chi connectivity index (χ2v) is 0.809. The average molecular weight is 112 g/mol. The first-order valence-corrected chi connectivity index (χ1v) is 1.64. The number of hydrogen-bond acceptors (Lipinski definition) is 3. The van der Waals surface area contributed by atoms with E-state index in [-0.39, 0.29) is 36.0 Å². The summed E-state index contributed by atoms with van der Waals surface area (Å²) in [6, 6.07) is 0. The first-order valence-electron chi connectivity index (χ1n) is 1.64. The number of carbonyl (C=O) groups excluding carboxylic acids is 1. The summed E-state index contributed by atoms with van der Waals surface area (Å²) in [5.74, 6) is -0.713. The molecule has 0 aliphatic heterocycles. The molecule has 0 radical (unpaired) electrons. The molecule has 0 rings (SSSR count). The molecular weight excluding hydrogens is 107 g/mol. The molecule has 0 aliphatic rings. The van der Waals surface area contributed by atoms with E-state index in [1.165, 1.54) is 0 Å². The van der Waals surface area contributed by atoms with Crippen LogP contribution in [0.4, 0.5) is 0 Å². The van der Waals surface area contributed by atoms with Gasteiger partial charge in [0.25, 0.3) is 5.97 Å². The zero-order chi connectivity index (χ0) is 4.99. The average Bonchev–Trinajstić information content (AvgIpc) is 1.65. The Labute approximate surface area is 63.9 Å². The number of rotatable bonds is 1. The van der Waals surface area contributed by atoms with E-state index < -0.39 is 5.97 Å². The van der Waals surface area contributed by atoms with E-state index in [1.807, 2.05) is 0 Å². The molecule has 3 nitrogen and oxygen atoms in total. The molecule has 0 aromatic heterocycles. The van der Waals surface area contributed by atoms with Crippen LogP contribution in [0.1, 0.15) is 13.3 Å². The molecule has 0 aromatic rings. The van der Waals surface area contributed by atoms with Gasteiger partial charge in [0.2, 0.25) is 0 Å². The Balaban J connectivity index is 0. The second kappa shape index (κ2) is 6.43. The molecule has 0 fully saturated rings. The molecule has 0 heterocycles. The Morgan fingerprint density at radius 3 is 2.29 bits per heavy atom. The summed E-state index contributed by atoms with van der Waals surface area (Å²) in [6.07, 6.45) is 0.156. The fourth-order valence-electron chi connectivity index (χ4n) is 0.0589. The van der Waals surface area contributed by atoms with Crippen molar-refractivity contribution in [3.05, 3.63) is 0 Å². The van der Waals surface area contributed by atoms with Crippen LogP contribution in [-0.2, 0) is 9.68 Å². The topological polar surface area (TPSA) is 49.4 Å².